The van der Waals surface area contributed by atoms with E-state index in [1.54, 1.807) is 42.5 Å². The average molecular weight is 468 g/mol. The molecule has 0 bridgehead atoms. The normalized spacial score (nSPS) is 13.6. The fourth-order valence-electron chi connectivity index (χ4n) is 4.15. The number of likely N-dealkylation sites (N-methyl/N-ethyl adjacent to an activating group) is 1. The van der Waals surface area contributed by atoms with Crippen LogP contribution in [0.2, 0.25) is 0 Å². The van der Waals surface area contributed by atoms with E-state index in [9.17, 15) is 9.59 Å². The Bertz CT molecular complexity index is 1300. The molecule has 1 aliphatic heterocycles. The van der Waals surface area contributed by atoms with Gasteiger partial charge in [-0.3, -0.25) is 9.59 Å². The van der Waals surface area contributed by atoms with Gasteiger partial charge in [0.15, 0.2) is 0 Å². The zero-order chi connectivity index (χ0) is 24.8. The van der Waals surface area contributed by atoms with Gasteiger partial charge in [0.05, 0.1) is 0 Å². The van der Waals surface area contributed by atoms with Crippen molar-refractivity contribution in [2.45, 2.75) is 19.5 Å². The number of nitrogens with zero attached hydrogens (tertiary/aromatic N) is 1. The molecule has 7 heteroatoms. The molecule has 0 saturated carbocycles. The molecule has 3 aromatic carbocycles. The van der Waals surface area contributed by atoms with Gasteiger partial charge in [-0.25, -0.2) is 0 Å². The van der Waals surface area contributed by atoms with E-state index in [2.05, 4.69) is 28.6 Å². The summed E-state index contributed by atoms with van der Waals surface area (Å²) >= 11 is 0. The van der Waals surface area contributed by atoms with Crippen LogP contribution in [-0.4, -0.2) is 36.5 Å². The van der Waals surface area contributed by atoms with Crippen LogP contribution in [0.5, 0.6) is 0 Å². The van der Waals surface area contributed by atoms with Gasteiger partial charge >= 0.3 is 0 Å². The number of anilines is 1. The van der Waals surface area contributed by atoms with Crippen LogP contribution in [0.1, 0.15) is 43.0 Å². The van der Waals surface area contributed by atoms with Crippen molar-refractivity contribution in [3.8, 4) is 0 Å². The molecule has 0 spiro atoms. The smallest absolute Gasteiger partial charge is 0.255 e. The van der Waals surface area contributed by atoms with Crippen molar-refractivity contribution in [2.75, 3.05) is 18.9 Å². The Morgan fingerprint density at radius 1 is 0.971 bits per heavy atom. The summed E-state index contributed by atoms with van der Waals surface area (Å²) in [5, 5.41) is 13.3. The van der Waals surface area contributed by atoms with Gasteiger partial charge < -0.3 is 26.7 Å². The molecule has 178 valence electrons. The first-order valence-electron chi connectivity index (χ1n) is 11.5. The number of nitrogens with two attached hydrogens (primary N) is 1. The predicted molar refractivity (Wildman–Crippen MR) is 139 cm³/mol. The molecule has 5 N–H and O–H groups in total. The van der Waals surface area contributed by atoms with E-state index in [0.29, 0.717) is 22.3 Å². The number of carbonyl (C=O) groups excluding carboxylic acids is 2. The Kier molecular flexibility index (Phi) is 7.38. The maximum Gasteiger partial charge on any atom is 0.255 e. The molecule has 3 aromatic rings. The third-order valence-corrected chi connectivity index (χ3v) is 6.10. The second-order valence-corrected chi connectivity index (χ2v) is 8.66. The van der Waals surface area contributed by atoms with Crippen molar-refractivity contribution < 1.29 is 9.59 Å². The van der Waals surface area contributed by atoms with Crippen molar-refractivity contribution >= 4 is 29.3 Å². The average Bonchev–Trinajstić information content (AvgIpc) is 2.88. The number of allylic oxidation sites excluding steroid dienone is 1. The molecule has 0 fully saturated rings. The molecule has 35 heavy (non-hydrogen) atoms. The van der Waals surface area contributed by atoms with E-state index < -0.39 is 0 Å². The second kappa shape index (κ2) is 10.8. The quantitative estimate of drug-likeness (QED) is 0.396. The molecule has 0 radical (unpaired) electrons. The third-order valence-electron chi connectivity index (χ3n) is 6.10. The van der Waals surface area contributed by atoms with Crippen molar-refractivity contribution in [2.24, 2.45) is 5.73 Å². The Balaban J connectivity index is 1.40. The highest BCUT2D eigenvalue weighted by Gasteiger charge is 2.15. The van der Waals surface area contributed by atoms with Gasteiger partial charge in [-0.15, -0.1) is 0 Å². The number of fused-ring (bicyclic) bond motifs is 1. The number of rotatable bonds is 7. The molecule has 2 amide bonds. The van der Waals surface area contributed by atoms with Gasteiger partial charge in [0.25, 0.3) is 11.8 Å². The van der Waals surface area contributed by atoms with Gasteiger partial charge in [0.2, 0.25) is 0 Å². The summed E-state index contributed by atoms with van der Waals surface area (Å²) in [7, 11) is 2.10. The number of benzene rings is 3. The summed E-state index contributed by atoms with van der Waals surface area (Å²) in [6.45, 7) is 2.20. The maximum absolute atomic E-state index is 12.9. The van der Waals surface area contributed by atoms with E-state index in [1.165, 1.54) is 17.3 Å². The lowest BCUT2D eigenvalue weighted by molar-refractivity contribution is 0.0950. The molecule has 0 aromatic heterocycles. The maximum atomic E-state index is 12.9. The van der Waals surface area contributed by atoms with Gasteiger partial charge in [-0.2, -0.15) is 0 Å². The van der Waals surface area contributed by atoms with Crippen LogP contribution in [-0.2, 0) is 19.5 Å². The minimum atomic E-state index is -0.248. The Morgan fingerprint density at radius 2 is 1.71 bits per heavy atom. The van der Waals surface area contributed by atoms with Crippen LogP contribution in [0.15, 0.2) is 72.9 Å². The van der Waals surface area contributed by atoms with E-state index in [1.807, 2.05) is 18.2 Å². The molecular formula is C28H29N5O2. The fourth-order valence-corrected chi connectivity index (χ4v) is 4.15. The van der Waals surface area contributed by atoms with Crippen molar-refractivity contribution in [3.05, 3.63) is 106 Å². The Hall–Kier alpha value is -4.23. The summed E-state index contributed by atoms with van der Waals surface area (Å²) in [6, 6.07) is 20.2. The van der Waals surface area contributed by atoms with Crippen LogP contribution in [0.25, 0.3) is 5.57 Å². The molecule has 1 heterocycles. The van der Waals surface area contributed by atoms with Gasteiger partial charge in [-0.05, 0) is 72.1 Å². The monoisotopic (exact) mass is 467 g/mol. The van der Waals surface area contributed by atoms with E-state index >= 15 is 0 Å². The number of hydrogen-bond acceptors (Lipinski definition) is 5. The first-order valence-corrected chi connectivity index (χ1v) is 11.5. The standard InChI is InChI=1S/C28H29N5O2/c1-33-11-10-20-8-9-26(14-24(20)18-33)32-28(35)22-6-2-4-19(12-22)17-31-27(34)23-7-3-5-21(13-23)25(15-29)16-30/h2-9,12-16,29H,10-11,17-18,30H2,1H3,(H,31,34)(H,32,35)/b25-16+,29-15?. The molecule has 0 aliphatic carbocycles. The van der Waals surface area contributed by atoms with E-state index in [0.717, 1.165) is 37.0 Å². The third kappa shape index (κ3) is 5.83. The van der Waals surface area contributed by atoms with Crippen LogP contribution < -0.4 is 16.4 Å². The zero-order valence-electron chi connectivity index (χ0n) is 19.7. The number of hydrogen-bond donors (Lipinski definition) is 4. The number of carbonyl (C=O) groups is 2. The summed E-state index contributed by atoms with van der Waals surface area (Å²) in [4.78, 5) is 27.8. The summed E-state index contributed by atoms with van der Waals surface area (Å²) in [6.07, 6.45) is 3.50. The molecule has 7 nitrogen and oxygen atoms in total. The molecule has 1 aliphatic rings. The fraction of sp³-hybridized carbons (Fsp3) is 0.179. The highest BCUT2D eigenvalue weighted by atomic mass is 16.2. The van der Waals surface area contributed by atoms with Crippen LogP contribution >= 0.6 is 0 Å². The molecular weight excluding hydrogens is 438 g/mol. The largest absolute Gasteiger partial charge is 0.404 e. The molecule has 4 rings (SSSR count). The van der Waals surface area contributed by atoms with Crippen LogP contribution in [0.4, 0.5) is 5.69 Å². The Morgan fingerprint density at radius 3 is 2.49 bits per heavy atom. The van der Waals surface area contributed by atoms with Crippen molar-refractivity contribution in [1.29, 1.82) is 5.41 Å². The highest BCUT2D eigenvalue weighted by molar-refractivity contribution is 6.09. The highest BCUT2D eigenvalue weighted by Crippen LogP contribution is 2.22. The number of nitrogens with one attached hydrogen (secondary N) is 3. The zero-order valence-corrected chi connectivity index (χ0v) is 19.7. The van der Waals surface area contributed by atoms with E-state index in [-0.39, 0.29) is 18.4 Å². The summed E-state index contributed by atoms with van der Waals surface area (Å²) in [5.41, 5.74) is 11.9. The first kappa shape index (κ1) is 23.9. The summed E-state index contributed by atoms with van der Waals surface area (Å²) in [5.74, 6) is -0.440. The van der Waals surface area contributed by atoms with Gasteiger partial charge in [0.1, 0.15) is 0 Å². The Labute approximate surface area is 205 Å². The minimum absolute atomic E-state index is 0.192. The molecule has 0 saturated heterocycles. The molecule has 0 unspecified atom stereocenters. The lowest BCUT2D eigenvalue weighted by atomic mass is 9.99. The topological polar surface area (TPSA) is 111 Å². The second-order valence-electron chi connectivity index (χ2n) is 8.66. The predicted octanol–water partition coefficient (Wildman–Crippen LogP) is 3.81. The van der Waals surface area contributed by atoms with Crippen molar-refractivity contribution in [3.63, 3.8) is 0 Å². The SMILES string of the molecule is CN1CCc2ccc(NC(=O)c3cccc(CNC(=O)c4cccc(/C(C=N)=C/N)c4)c3)cc2C1. The summed E-state index contributed by atoms with van der Waals surface area (Å²) < 4.78 is 0. The first-order chi connectivity index (χ1) is 17.0. The van der Waals surface area contributed by atoms with E-state index in [4.69, 9.17) is 11.1 Å². The molecule has 0 atom stereocenters. The number of amides is 2. The lowest BCUT2D eigenvalue weighted by Crippen LogP contribution is -2.26. The van der Waals surface area contributed by atoms with Crippen LogP contribution in [0.3, 0.4) is 0 Å². The van der Waals surface area contributed by atoms with Crippen molar-refractivity contribution in [1.82, 2.24) is 10.2 Å². The van der Waals surface area contributed by atoms with Gasteiger partial charge in [0, 0.05) is 54.4 Å². The minimum Gasteiger partial charge on any atom is -0.404 e. The van der Waals surface area contributed by atoms with Crippen LogP contribution in [0, 0.1) is 5.41 Å². The lowest BCUT2D eigenvalue weighted by Gasteiger charge is -2.25. The van der Waals surface area contributed by atoms with Gasteiger partial charge in [-0.1, -0.05) is 30.3 Å².